The van der Waals surface area contributed by atoms with Crippen molar-refractivity contribution in [2.24, 2.45) is 5.92 Å². The predicted octanol–water partition coefficient (Wildman–Crippen LogP) is 4.70. The van der Waals surface area contributed by atoms with Crippen molar-refractivity contribution in [2.45, 2.75) is 46.0 Å². The molecule has 2 aliphatic heterocycles. The smallest absolute Gasteiger partial charge is 0.229 e. The van der Waals surface area contributed by atoms with Gasteiger partial charge in [0.2, 0.25) is 11.8 Å². The average molecular weight is 423 g/mol. The molecule has 0 saturated carbocycles. The first-order chi connectivity index (χ1) is 14.8. The van der Waals surface area contributed by atoms with Crippen molar-refractivity contribution in [1.29, 1.82) is 0 Å². The third kappa shape index (κ3) is 4.24. The fourth-order valence-electron chi connectivity index (χ4n) is 4.25. The zero-order chi connectivity index (χ0) is 22.1. The van der Waals surface area contributed by atoms with Crippen molar-refractivity contribution < 1.29 is 19.1 Å². The predicted molar refractivity (Wildman–Crippen MR) is 121 cm³/mol. The van der Waals surface area contributed by atoms with Crippen LogP contribution in [0.2, 0.25) is 0 Å². The van der Waals surface area contributed by atoms with E-state index in [1.54, 1.807) is 4.90 Å². The van der Waals surface area contributed by atoms with Crippen LogP contribution in [0.5, 0.6) is 11.5 Å². The highest BCUT2D eigenvalue weighted by molar-refractivity contribution is 6.04. The molecule has 1 saturated heterocycles. The minimum atomic E-state index is -0.402. The van der Waals surface area contributed by atoms with Gasteiger partial charge in [0.05, 0.1) is 5.92 Å². The van der Waals surface area contributed by atoms with Crippen LogP contribution in [0.15, 0.2) is 36.4 Å². The molecule has 1 atom stereocenters. The lowest BCUT2D eigenvalue weighted by Gasteiger charge is -2.23. The van der Waals surface area contributed by atoms with Gasteiger partial charge in [-0.3, -0.25) is 9.59 Å². The van der Waals surface area contributed by atoms with E-state index in [1.165, 1.54) is 0 Å². The maximum atomic E-state index is 13.2. The maximum Gasteiger partial charge on any atom is 0.229 e. The van der Waals surface area contributed by atoms with Crippen molar-refractivity contribution in [3.63, 3.8) is 0 Å². The molecular formula is C25H30N2O4. The second-order valence-electron chi connectivity index (χ2n) is 8.84. The molecule has 31 heavy (non-hydrogen) atoms. The quantitative estimate of drug-likeness (QED) is 0.759. The Balaban J connectivity index is 1.53. The molecule has 0 aromatic heterocycles. The molecule has 164 valence electrons. The fourth-order valence-corrected chi connectivity index (χ4v) is 4.25. The molecule has 2 amide bonds. The SMILES string of the molecule is CC(C)c1cccc(C(C)C)c1NC(=O)C1CC(=O)N(c2ccc3c(c2)OCCO3)C1. The van der Waals surface area contributed by atoms with Gasteiger partial charge >= 0.3 is 0 Å². The van der Waals surface area contributed by atoms with Crippen LogP contribution in [0, 0.1) is 5.92 Å². The lowest BCUT2D eigenvalue weighted by Crippen LogP contribution is -2.29. The summed E-state index contributed by atoms with van der Waals surface area (Å²) in [5, 5.41) is 3.16. The van der Waals surface area contributed by atoms with Gasteiger partial charge in [-0.25, -0.2) is 0 Å². The second-order valence-corrected chi connectivity index (χ2v) is 8.84. The third-order valence-electron chi connectivity index (χ3n) is 5.95. The number of carbonyl (C=O) groups excluding carboxylic acids is 2. The summed E-state index contributed by atoms with van der Waals surface area (Å²) in [6.07, 6.45) is 0.196. The molecule has 1 fully saturated rings. The molecule has 0 spiro atoms. The lowest BCUT2D eigenvalue weighted by atomic mass is 9.92. The molecule has 2 aromatic carbocycles. The van der Waals surface area contributed by atoms with Crippen LogP contribution in [0.4, 0.5) is 11.4 Å². The van der Waals surface area contributed by atoms with Gasteiger partial charge in [-0.1, -0.05) is 45.9 Å². The van der Waals surface area contributed by atoms with Crippen LogP contribution in [-0.4, -0.2) is 31.6 Å². The monoisotopic (exact) mass is 422 g/mol. The Morgan fingerprint density at radius 3 is 2.29 bits per heavy atom. The minimum absolute atomic E-state index is 0.0574. The zero-order valence-corrected chi connectivity index (χ0v) is 18.6. The molecule has 6 heteroatoms. The van der Waals surface area contributed by atoms with Gasteiger partial charge in [-0.15, -0.1) is 0 Å². The Labute approximate surface area is 183 Å². The summed E-state index contributed by atoms with van der Waals surface area (Å²) in [6.45, 7) is 9.85. The molecule has 2 aromatic rings. The number of fused-ring (bicyclic) bond motifs is 1. The number of hydrogen-bond donors (Lipinski definition) is 1. The molecule has 0 bridgehead atoms. The summed E-state index contributed by atoms with van der Waals surface area (Å²) in [5.41, 5.74) is 3.86. The molecule has 0 aliphatic carbocycles. The van der Waals surface area contributed by atoms with Gasteiger partial charge in [0.25, 0.3) is 0 Å². The fraction of sp³-hybridized carbons (Fsp3) is 0.440. The van der Waals surface area contributed by atoms with Crippen molar-refractivity contribution in [3.05, 3.63) is 47.5 Å². The van der Waals surface area contributed by atoms with E-state index >= 15 is 0 Å². The highest BCUT2D eigenvalue weighted by atomic mass is 16.6. The topological polar surface area (TPSA) is 67.9 Å². The number of anilines is 2. The standard InChI is InChI=1S/C25H30N2O4/c1-15(2)19-6-5-7-20(16(3)4)24(19)26-25(29)17-12-23(28)27(14-17)18-8-9-21-22(13-18)31-11-10-30-21/h5-9,13,15-17H,10-12,14H2,1-4H3,(H,26,29). The Morgan fingerprint density at radius 2 is 1.65 bits per heavy atom. The second kappa shape index (κ2) is 8.61. The molecule has 0 radical (unpaired) electrons. The summed E-state index contributed by atoms with van der Waals surface area (Å²) in [6, 6.07) is 11.6. The molecule has 2 heterocycles. The molecule has 6 nitrogen and oxygen atoms in total. The number of ether oxygens (including phenoxy) is 2. The largest absolute Gasteiger partial charge is 0.486 e. The molecular weight excluding hydrogens is 392 g/mol. The Kier molecular flexibility index (Phi) is 5.90. The maximum absolute atomic E-state index is 13.2. The molecule has 2 aliphatic rings. The average Bonchev–Trinajstić information content (AvgIpc) is 3.15. The number of carbonyl (C=O) groups is 2. The minimum Gasteiger partial charge on any atom is -0.486 e. The van der Waals surface area contributed by atoms with E-state index in [1.807, 2.05) is 24.3 Å². The summed E-state index contributed by atoms with van der Waals surface area (Å²) in [4.78, 5) is 27.6. The summed E-state index contributed by atoms with van der Waals surface area (Å²) in [5.74, 6) is 1.32. The number of nitrogens with one attached hydrogen (secondary N) is 1. The summed E-state index contributed by atoms with van der Waals surface area (Å²) in [7, 11) is 0. The Bertz CT molecular complexity index is 973. The highest BCUT2D eigenvalue weighted by Gasteiger charge is 2.36. The summed E-state index contributed by atoms with van der Waals surface area (Å²) >= 11 is 0. The van der Waals surface area contributed by atoms with Gasteiger partial charge in [-0.2, -0.15) is 0 Å². The number of hydrogen-bond acceptors (Lipinski definition) is 4. The Hall–Kier alpha value is -3.02. The highest BCUT2D eigenvalue weighted by Crippen LogP contribution is 2.37. The van der Waals surface area contributed by atoms with Gasteiger partial charge in [0.1, 0.15) is 13.2 Å². The lowest BCUT2D eigenvalue weighted by molar-refractivity contribution is -0.122. The summed E-state index contributed by atoms with van der Waals surface area (Å²) < 4.78 is 11.2. The van der Waals surface area contributed by atoms with Crippen LogP contribution in [0.1, 0.15) is 57.1 Å². The molecule has 1 N–H and O–H groups in total. The van der Waals surface area contributed by atoms with Crippen molar-refractivity contribution >= 4 is 23.2 Å². The van der Waals surface area contributed by atoms with E-state index in [0.29, 0.717) is 31.3 Å². The first kappa shape index (κ1) is 21.2. The number of para-hydroxylation sites is 1. The number of nitrogens with zero attached hydrogens (tertiary/aromatic N) is 1. The van der Waals surface area contributed by atoms with E-state index in [-0.39, 0.29) is 30.1 Å². The van der Waals surface area contributed by atoms with E-state index in [9.17, 15) is 9.59 Å². The van der Waals surface area contributed by atoms with E-state index in [4.69, 9.17) is 9.47 Å². The van der Waals surface area contributed by atoms with Gasteiger partial charge in [-0.05, 0) is 35.1 Å². The van der Waals surface area contributed by atoms with Crippen molar-refractivity contribution in [2.75, 3.05) is 30.0 Å². The van der Waals surface area contributed by atoms with Gasteiger partial charge in [0, 0.05) is 30.4 Å². The molecule has 1 unspecified atom stereocenters. The van der Waals surface area contributed by atoms with Crippen LogP contribution in [0.3, 0.4) is 0 Å². The first-order valence-electron chi connectivity index (χ1n) is 11.0. The van der Waals surface area contributed by atoms with Gasteiger partial charge < -0.3 is 19.7 Å². The molecule has 4 rings (SSSR count). The van der Waals surface area contributed by atoms with E-state index in [2.05, 4.69) is 45.1 Å². The van der Waals surface area contributed by atoms with Crippen molar-refractivity contribution in [1.82, 2.24) is 0 Å². The number of rotatable bonds is 5. The van der Waals surface area contributed by atoms with E-state index < -0.39 is 5.92 Å². The van der Waals surface area contributed by atoms with Crippen LogP contribution >= 0.6 is 0 Å². The van der Waals surface area contributed by atoms with Gasteiger partial charge in [0.15, 0.2) is 11.5 Å². The number of amides is 2. The number of benzene rings is 2. The van der Waals surface area contributed by atoms with Crippen LogP contribution < -0.4 is 19.7 Å². The van der Waals surface area contributed by atoms with E-state index in [0.717, 1.165) is 22.5 Å². The van der Waals surface area contributed by atoms with Crippen LogP contribution in [0.25, 0.3) is 0 Å². The van der Waals surface area contributed by atoms with Crippen molar-refractivity contribution in [3.8, 4) is 11.5 Å². The first-order valence-corrected chi connectivity index (χ1v) is 11.0. The van der Waals surface area contributed by atoms with Crippen LogP contribution in [-0.2, 0) is 9.59 Å². The zero-order valence-electron chi connectivity index (χ0n) is 18.6. The normalized spacial score (nSPS) is 18.1. The third-order valence-corrected chi connectivity index (χ3v) is 5.95. The Morgan fingerprint density at radius 1 is 1.00 bits per heavy atom.